The zero-order valence-corrected chi connectivity index (χ0v) is 55.2. The van der Waals surface area contributed by atoms with Crippen LogP contribution in [0.5, 0.6) is 29.4 Å². The molecule has 3 aliphatic heterocycles. The molecule has 8 heterocycles. The second-order valence-electron chi connectivity index (χ2n) is 24.6. The molecule has 3 aromatic carbocycles. The molecule has 2 unspecified atom stereocenters. The lowest BCUT2D eigenvalue weighted by Crippen LogP contribution is -2.16. The number of carbonyl (C=O) groups is 2. The zero-order chi connectivity index (χ0) is 68.8. The van der Waals surface area contributed by atoms with Crippen molar-refractivity contribution in [2.45, 2.75) is 140 Å². The molecule has 2 N–H and O–H groups in total. The second kappa shape index (κ2) is 32.6. The summed E-state index contributed by atoms with van der Waals surface area (Å²) in [5.41, 5.74) is 11.2. The molecule has 0 spiro atoms. The highest BCUT2D eigenvalue weighted by molar-refractivity contribution is 5.73. The van der Waals surface area contributed by atoms with Crippen LogP contribution in [0.1, 0.15) is 147 Å². The van der Waals surface area contributed by atoms with Crippen molar-refractivity contribution in [2.75, 3.05) is 46.2 Å². The number of benzene rings is 3. The van der Waals surface area contributed by atoms with Crippen molar-refractivity contribution in [3.63, 3.8) is 0 Å². The van der Waals surface area contributed by atoms with Gasteiger partial charge in [-0.25, -0.2) is 38.1 Å². The smallest absolute Gasteiger partial charge is 0.307 e. The zero-order valence-electron chi connectivity index (χ0n) is 55.2. The second-order valence-corrected chi connectivity index (χ2v) is 24.6. The van der Waals surface area contributed by atoms with Gasteiger partial charge in [0.05, 0.1) is 77.0 Å². The SMILES string of the molecule is CC#CC(CC(=O)O)c1ccc(O[C@@H]2CCc3c(-c4ccc(O[C@@H]5CCOC5)nc4)ccc(F)c32)nc1.CC#CC(CC(=O)OCC)c1ccc(O[C@@H]2CCc3c(-c4ccc(O[C@@H]5CCOC5)nc4)ccc(F)c32)nc1.O[C@H]1CCc2c(-c3ccc(O[C@@H]4CCOC4)nc3)ccc(F)c21. The number of aliphatic hydroxyl groups is 1. The van der Waals surface area contributed by atoms with Crippen LogP contribution in [0.15, 0.2) is 128 Å². The molecule has 8 atom stereocenters. The van der Waals surface area contributed by atoms with Gasteiger partial charge in [-0.1, -0.05) is 42.2 Å². The molecule has 21 heteroatoms. The number of carboxylic acid groups (broad SMARTS) is 1. The highest BCUT2D eigenvalue weighted by Gasteiger charge is 2.34. The summed E-state index contributed by atoms with van der Waals surface area (Å²) in [6.07, 6.45) is 13.4. The van der Waals surface area contributed by atoms with E-state index in [0.29, 0.717) is 130 Å². The van der Waals surface area contributed by atoms with E-state index < -0.39 is 30.2 Å². The highest BCUT2D eigenvalue weighted by atomic mass is 19.1. The van der Waals surface area contributed by atoms with Crippen LogP contribution in [0.2, 0.25) is 0 Å². The van der Waals surface area contributed by atoms with Gasteiger partial charge in [0.2, 0.25) is 29.4 Å². The molecule has 8 aromatic rings. The van der Waals surface area contributed by atoms with E-state index in [9.17, 15) is 23.5 Å². The first-order valence-corrected chi connectivity index (χ1v) is 33.5. The van der Waals surface area contributed by atoms with Crippen LogP contribution in [0, 0.1) is 41.1 Å². The number of halogens is 3. The van der Waals surface area contributed by atoms with Crippen LogP contribution in [0.4, 0.5) is 13.2 Å². The fourth-order valence-electron chi connectivity index (χ4n) is 13.3. The van der Waals surface area contributed by atoms with Crippen LogP contribution in [-0.2, 0) is 47.8 Å². The van der Waals surface area contributed by atoms with Gasteiger partial charge in [-0.05, 0) is 140 Å². The van der Waals surface area contributed by atoms with E-state index in [-0.39, 0.29) is 60.5 Å². The van der Waals surface area contributed by atoms with Gasteiger partial charge >= 0.3 is 11.9 Å². The Morgan fingerprint density at radius 2 is 0.859 bits per heavy atom. The molecule has 0 amide bonds. The summed E-state index contributed by atoms with van der Waals surface area (Å²) in [6, 6.07) is 28.0. The Balaban J connectivity index is 0.000000146. The van der Waals surface area contributed by atoms with Crippen molar-refractivity contribution in [3.8, 4) is 86.5 Å². The standard InChI is InChI=1S/C31H31FN2O5.C29H27FN2O5.C18H18FNO3/c1-3-5-20(16-30(35)37-4-2)21-6-12-29(33-17-21)39-27-11-9-25-24(8-10-26(32)31(25)27)22-7-13-28(34-18-22)38-23-14-15-36-19-23;1-2-3-18(14-28(33)34)19-4-10-27(31-15-19)37-25-9-7-23-22(6-8-24(30)29(23)25)20-5-11-26(32-16-20)36-21-12-13-35-17-21;19-15-4-2-13(14-3-5-16(21)18(14)15)11-1-6-17(20-9-11)23-12-7-8-22-10-12/h6-8,10,12-13,17-18,20,23,27H,4,9,11,14-16,19H2,1-2H3;4-6,8,10-11,15-16,18,21,25H,7,9,12-14,17H2,1H3,(H,33,34);1-2,4,6,9,12,16,21H,3,5,7-8,10H2/t20?,23-,27-;18?,21-,25-;12-,16+/m111/s1. The Morgan fingerprint density at radius 3 is 1.21 bits per heavy atom. The largest absolute Gasteiger partial charge is 0.481 e. The molecule has 3 saturated heterocycles. The number of carboxylic acids is 1. The highest BCUT2D eigenvalue weighted by Crippen LogP contribution is 2.45. The third kappa shape index (κ3) is 17.0. The summed E-state index contributed by atoms with van der Waals surface area (Å²) in [5, 5.41) is 19.1. The Kier molecular flexibility index (Phi) is 22.8. The van der Waals surface area contributed by atoms with Crippen molar-refractivity contribution in [2.24, 2.45) is 0 Å². The van der Waals surface area contributed by atoms with E-state index in [0.717, 1.165) is 81.5 Å². The molecule has 512 valence electrons. The molecule has 3 fully saturated rings. The molecule has 3 aliphatic carbocycles. The van der Waals surface area contributed by atoms with E-state index >= 15 is 4.39 Å². The molecule has 99 heavy (non-hydrogen) atoms. The summed E-state index contributed by atoms with van der Waals surface area (Å²) < 4.78 is 94.8. The monoisotopic (exact) mass is 1350 g/mol. The number of nitrogens with zero attached hydrogens (tertiary/aromatic N) is 5. The van der Waals surface area contributed by atoms with Crippen LogP contribution < -0.4 is 23.7 Å². The molecule has 18 nitrogen and oxygen atoms in total. The quantitative estimate of drug-likeness (QED) is 0.0535. The number of aromatic nitrogens is 5. The Hall–Kier alpha value is -9.90. The minimum absolute atomic E-state index is 0.0247. The number of esters is 1. The van der Waals surface area contributed by atoms with Gasteiger partial charge < -0.3 is 52.8 Å². The van der Waals surface area contributed by atoms with Crippen LogP contribution in [0.3, 0.4) is 0 Å². The van der Waals surface area contributed by atoms with Gasteiger partial charge in [0.25, 0.3) is 0 Å². The number of aliphatic carboxylic acids is 1. The molecule has 0 bridgehead atoms. The predicted octanol–water partition coefficient (Wildman–Crippen LogP) is 13.7. The fraction of sp³-hybridized carbons (Fsp3) is 0.372. The van der Waals surface area contributed by atoms with Crippen molar-refractivity contribution < 1.29 is 75.6 Å². The molecular weight excluding hydrogens is 1270 g/mol. The van der Waals surface area contributed by atoms with E-state index in [1.807, 2.05) is 42.5 Å². The van der Waals surface area contributed by atoms with Crippen LogP contribution in [0.25, 0.3) is 33.4 Å². The van der Waals surface area contributed by atoms with Crippen molar-refractivity contribution in [3.05, 3.63) is 190 Å². The maximum atomic E-state index is 15.1. The number of aliphatic hydroxyl groups excluding tert-OH is 1. The summed E-state index contributed by atoms with van der Waals surface area (Å²) in [5.74, 6) is 11.1. The third-order valence-corrected chi connectivity index (χ3v) is 18.1. The van der Waals surface area contributed by atoms with Crippen molar-refractivity contribution >= 4 is 11.9 Å². The first kappa shape index (κ1) is 69.0. The van der Waals surface area contributed by atoms with Gasteiger partial charge in [0, 0.05) is 114 Å². The van der Waals surface area contributed by atoms with Gasteiger partial charge in [0.15, 0.2) is 0 Å². The van der Waals surface area contributed by atoms with Gasteiger partial charge in [-0.3, -0.25) is 9.59 Å². The average molecular weight is 1350 g/mol. The maximum absolute atomic E-state index is 15.1. The molecule has 5 aromatic heterocycles. The van der Waals surface area contributed by atoms with Crippen LogP contribution >= 0.6 is 0 Å². The fourth-order valence-corrected chi connectivity index (χ4v) is 13.3. The van der Waals surface area contributed by atoms with Gasteiger partial charge in [0.1, 0.15) is 48.0 Å². The molecule has 14 rings (SSSR count). The number of fused-ring (bicyclic) bond motifs is 3. The lowest BCUT2D eigenvalue weighted by Gasteiger charge is -2.17. The topological polar surface area (TPSA) is 222 Å². The van der Waals surface area contributed by atoms with Crippen molar-refractivity contribution in [1.82, 2.24) is 24.9 Å². The molecule has 0 radical (unpaired) electrons. The first-order valence-electron chi connectivity index (χ1n) is 33.5. The van der Waals surface area contributed by atoms with E-state index in [2.05, 4.69) is 48.6 Å². The number of ether oxygens (including phenoxy) is 9. The minimum atomic E-state index is -0.928. The van der Waals surface area contributed by atoms with E-state index in [4.69, 9.17) is 47.7 Å². The van der Waals surface area contributed by atoms with E-state index in [1.165, 1.54) is 18.2 Å². The molecule has 6 aliphatic rings. The summed E-state index contributed by atoms with van der Waals surface area (Å²) in [4.78, 5) is 45.2. The molecular formula is C78H76F3N5O13. The Bertz CT molecular complexity index is 4240. The third-order valence-electron chi connectivity index (χ3n) is 18.1. The van der Waals surface area contributed by atoms with Gasteiger partial charge in [-0.15, -0.1) is 11.8 Å². The number of hydrogen-bond acceptors (Lipinski definition) is 17. The van der Waals surface area contributed by atoms with Crippen LogP contribution in [-0.4, -0.2) is 112 Å². The Morgan fingerprint density at radius 1 is 0.485 bits per heavy atom. The number of carbonyl (C=O) groups excluding carboxylic acids is 1. The summed E-state index contributed by atoms with van der Waals surface area (Å²) >= 11 is 0. The average Bonchev–Trinajstić information content (AvgIpc) is 1.69. The summed E-state index contributed by atoms with van der Waals surface area (Å²) in [7, 11) is 0. The maximum Gasteiger partial charge on any atom is 0.307 e. The lowest BCUT2D eigenvalue weighted by atomic mass is 9.97. The van der Waals surface area contributed by atoms with Gasteiger partial charge in [-0.2, -0.15) is 0 Å². The number of hydrogen-bond donors (Lipinski definition) is 2. The lowest BCUT2D eigenvalue weighted by molar-refractivity contribution is -0.143. The van der Waals surface area contributed by atoms with E-state index in [1.54, 1.807) is 88.2 Å². The molecule has 0 saturated carbocycles. The minimum Gasteiger partial charge on any atom is -0.481 e. The first-order chi connectivity index (χ1) is 48.3. The van der Waals surface area contributed by atoms with Crippen molar-refractivity contribution in [1.29, 1.82) is 0 Å². The predicted molar refractivity (Wildman–Crippen MR) is 359 cm³/mol. The normalized spacial score (nSPS) is 19.7. The number of pyridine rings is 5. The Labute approximate surface area is 572 Å². The summed E-state index contributed by atoms with van der Waals surface area (Å²) in [6.45, 7) is 9.39. The number of rotatable bonds is 20.